The number of halogens is 4. The first kappa shape index (κ1) is 12.1. The highest BCUT2D eigenvalue weighted by Gasteiger charge is 2.34. The zero-order valence-electron chi connectivity index (χ0n) is 7.51. The van der Waals surface area contributed by atoms with Crippen LogP contribution in [0.4, 0.5) is 23.2 Å². The fourth-order valence-electron chi connectivity index (χ4n) is 1.01. The molecule has 0 unspecified atom stereocenters. The van der Waals surface area contributed by atoms with E-state index in [4.69, 9.17) is 10.8 Å². The Morgan fingerprint density at radius 2 is 1.94 bits per heavy atom. The molecule has 0 aliphatic rings. The summed E-state index contributed by atoms with van der Waals surface area (Å²) in [5.41, 5.74) is 3.48. The van der Waals surface area contributed by atoms with Crippen LogP contribution in [0.15, 0.2) is 12.1 Å². The number of nitrogen functional groups attached to an aromatic ring is 1. The molecule has 0 radical (unpaired) electrons. The third-order valence-corrected chi connectivity index (χ3v) is 1.52. The summed E-state index contributed by atoms with van der Waals surface area (Å²) in [6.07, 6.45) is -5.12. The van der Waals surface area contributed by atoms with Crippen molar-refractivity contribution in [3.05, 3.63) is 23.5 Å². The number of carboxylic acids is 1. The lowest BCUT2D eigenvalue weighted by atomic mass is 10.1. The summed E-state index contributed by atoms with van der Waals surface area (Å²) in [7, 11) is 0. The largest absolute Gasteiger partial charge is 0.573 e. The van der Waals surface area contributed by atoms with Crippen LogP contribution >= 0.6 is 0 Å². The van der Waals surface area contributed by atoms with E-state index in [9.17, 15) is 22.4 Å². The molecule has 8 heteroatoms. The second-order valence-electron chi connectivity index (χ2n) is 2.73. The van der Waals surface area contributed by atoms with Crippen molar-refractivity contribution < 1.29 is 32.2 Å². The molecule has 0 amide bonds. The Bertz CT molecular complexity index is 430. The SMILES string of the molecule is Nc1cc(F)c(C(=O)O)c(OC(F)(F)F)c1. The van der Waals surface area contributed by atoms with Crippen LogP contribution in [0.2, 0.25) is 0 Å². The normalized spacial score (nSPS) is 11.2. The Hall–Kier alpha value is -1.99. The molecule has 0 saturated heterocycles. The van der Waals surface area contributed by atoms with Crippen LogP contribution in [0.5, 0.6) is 5.75 Å². The molecule has 88 valence electrons. The average molecular weight is 239 g/mol. The minimum absolute atomic E-state index is 0.373. The molecule has 1 aromatic carbocycles. The Labute approximate surface area is 86.2 Å². The van der Waals surface area contributed by atoms with Crippen LogP contribution in [0.3, 0.4) is 0 Å². The molecule has 0 saturated carbocycles. The van der Waals surface area contributed by atoms with E-state index >= 15 is 0 Å². The smallest absolute Gasteiger partial charge is 0.477 e. The zero-order valence-corrected chi connectivity index (χ0v) is 7.51. The van der Waals surface area contributed by atoms with Crippen molar-refractivity contribution >= 4 is 11.7 Å². The van der Waals surface area contributed by atoms with E-state index in [0.29, 0.717) is 12.1 Å². The number of carbonyl (C=O) groups is 1. The van der Waals surface area contributed by atoms with Crippen LogP contribution in [0, 0.1) is 5.82 Å². The highest BCUT2D eigenvalue weighted by molar-refractivity contribution is 5.91. The molecule has 0 heterocycles. The second-order valence-corrected chi connectivity index (χ2v) is 2.73. The lowest BCUT2D eigenvalue weighted by molar-refractivity contribution is -0.274. The van der Waals surface area contributed by atoms with Gasteiger partial charge in [-0.25, -0.2) is 9.18 Å². The average Bonchev–Trinajstić information content (AvgIpc) is 1.96. The third kappa shape index (κ3) is 2.75. The van der Waals surface area contributed by atoms with Gasteiger partial charge in [0.05, 0.1) is 0 Å². The summed E-state index contributed by atoms with van der Waals surface area (Å²) < 4.78 is 52.0. The van der Waals surface area contributed by atoms with Crippen molar-refractivity contribution in [2.24, 2.45) is 0 Å². The Morgan fingerprint density at radius 3 is 2.38 bits per heavy atom. The number of nitrogens with two attached hydrogens (primary N) is 1. The van der Waals surface area contributed by atoms with Crippen molar-refractivity contribution in [1.82, 2.24) is 0 Å². The van der Waals surface area contributed by atoms with Gasteiger partial charge >= 0.3 is 12.3 Å². The first-order chi connectivity index (χ1) is 7.20. The van der Waals surface area contributed by atoms with Crippen LogP contribution in [0.25, 0.3) is 0 Å². The number of rotatable bonds is 2. The van der Waals surface area contributed by atoms with Crippen LogP contribution in [0.1, 0.15) is 10.4 Å². The van der Waals surface area contributed by atoms with E-state index in [2.05, 4.69) is 4.74 Å². The lowest BCUT2D eigenvalue weighted by Crippen LogP contribution is -2.20. The molecule has 3 N–H and O–H groups in total. The number of aromatic carboxylic acids is 1. The number of hydrogen-bond donors (Lipinski definition) is 2. The number of ether oxygens (including phenoxy) is 1. The van der Waals surface area contributed by atoms with E-state index < -0.39 is 29.5 Å². The van der Waals surface area contributed by atoms with Gasteiger partial charge in [0, 0.05) is 11.8 Å². The van der Waals surface area contributed by atoms with E-state index in [-0.39, 0.29) is 5.69 Å². The molecule has 0 aliphatic carbocycles. The predicted molar refractivity (Wildman–Crippen MR) is 44.5 cm³/mol. The number of benzene rings is 1. The number of alkyl halides is 3. The molecule has 0 atom stereocenters. The van der Waals surface area contributed by atoms with Gasteiger partial charge in [0.2, 0.25) is 0 Å². The molecule has 4 nitrogen and oxygen atoms in total. The minimum atomic E-state index is -5.12. The molecule has 0 aliphatic heterocycles. The van der Waals surface area contributed by atoms with Crippen molar-refractivity contribution in [1.29, 1.82) is 0 Å². The van der Waals surface area contributed by atoms with Gasteiger partial charge in [-0.2, -0.15) is 0 Å². The minimum Gasteiger partial charge on any atom is -0.477 e. The second kappa shape index (κ2) is 3.87. The molecular weight excluding hydrogens is 234 g/mol. The molecule has 0 bridgehead atoms. The summed E-state index contributed by atoms with van der Waals surface area (Å²) in [5, 5.41) is 8.51. The molecular formula is C8H5F4NO3. The van der Waals surface area contributed by atoms with Crippen LogP contribution in [-0.2, 0) is 0 Å². The molecule has 1 aromatic rings. The first-order valence-electron chi connectivity index (χ1n) is 3.79. The van der Waals surface area contributed by atoms with E-state index in [1.54, 1.807) is 0 Å². The fraction of sp³-hybridized carbons (Fsp3) is 0.125. The first-order valence-corrected chi connectivity index (χ1v) is 3.79. The van der Waals surface area contributed by atoms with E-state index in [1.807, 2.05) is 0 Å². The maximum absolute atomic E-state index is 13.0. The summed E-state index contributed by atoms with van der Waals surface area (Å²) >= 11 is 0. The molecule has 0 spiro atoms. The van der Waals surface area contributed by atoms with Gasteiger partial charge < -0.3 is 15.6 Å². The maximum Gasteiger partial charge on any atom is 0.573 e. The Morgan fingerprint density at radius 1 is 1.38 bits per heavy atom. The highest BCUT2D eigenvalue weighted by Crippen LogP contribution is 2.30. The molecule has 1 rings (SSSR count). The summed E-state index contributed by atoms with van der Waals surface area (Å²) in [5.74, 6) is -4.46. The van der Waals surface area contributed by atoms with Crippen LogP contribution in [-0.4, -0.2) is 17.4 Å². The summed E-state index contributed by atoms with van der Waals surface area (Å²) in [6, 6.07) is 1.17. The third-order valence-electron chi connectivity index (χ3n) is 1.52. The fourth-order valence-corrected chi connectivity index (χ4v) is 1.01. The Balaban J connectivity index is 3.30. The van der Waals surface area contributed by atoms with Crippen molar-refractivity contribution in [3.8, 4) is 5.75 Å². The van der Waals surface area contributed by atoms with Gasteiger partial charge in [0.15, 0.2) is 0 Å². The Kier molecular flexibility index (Phi) is 2.92. The summed E-state index contributed by atoms with van der Waals surface area (Å²) in [6.45, 7) is 0. The van der Waals surface area contributed by atoms with Crippen molar-refractivity contribution in [3.63, 3.8) is 0 Å². The van der Waals surface area contributed by atoms with Gasteiger partial charge in [-0.15, -0.1) is 13.2 Å². The zero-order chi connectivity index (χ0) is 12.5. The number of anilines is 1. The molecule has 16 heavy (non-hydrogen) atoms. The van der Waals surface area contributed by atoms with E-state index in [0.717, 1.165) is 0 Å². The van der Waals surface area contributed by atoms with Gasteiger partial charge in [-0.1, -0.05) is 0 Å². The standard InChI is InChI=1S/C8H5F4NO3/c9-4-1-3(13)2-5(6(4)7(14)15)16-8(10,11)12/h1-2H,13H2,(H,14,15). The number of carboxylic acid groups (broad SMARTS) is 1. The molecule has 0 aromatic heterocycles. The van der Waals surface area contributed by atoms with Gasteiger partial charge in [0.1, 0.15) is 17.1 Å². The summed E-state index contributed by atoms with van der Waals surface area (Å²) in [4.78, 5) is 10.5. The van der Waals surface area contributed by atoms with Crippen molar-refractivity contribution in [2.45, 2.75) is 6.36 Å². The van der Waals surface area contributed by atoms with Crippen LogP contribution < -0.4 is 10.5 Å². The van der Waals surface area contributed by atoms with Gasteiger partial charge in [-0.05, 0) is 6.07 Å². The van der Waals surface area contributed by atoms with Gasteiger partial charge in [0.25, 0.3) is 0 Å². The van der Waals surface area contributed by atoms with Gasteiger partial charge in [-0.3, -0.25) is 0 Å². The topological polar surface area (TPSA) is 72.6 Å². The lowest BCUT2D eigenvalue weighted by Gasteiger charge is -2.12. The monoisotopic (exact) mass is 239 g/mol. The van der Waals surface area contributed by atoms with Crippen molar-refractivity contribution in [2.75, 3.05) is 5.73 Å². The predicted octanol–water partition coefficient (Wildman–Crippen LogP) is 2.00. The quantitative estimate of drug-likeness (QED) is 0.611. The van der Waals surface area contributed by atoms with E-state index in [1.165, 1.54) is 0 Å². The maximum atomic E-state index is 13.0. The number of hydrogen-bond acceptors (Lipinski definition) is 3. The highest BCUT2D eigenvalue weighted by atomic mass is 19.4. The molecule has 0 fully saturated rings.